The molecule has 3 amide bonds. The smallest absolute Gasteiger partial charge is 0.247 e. The average molecular weight is 315 g/mol. The summed E-state index contributed by atoms with van der Waals surface area (Å²) in [5.41, 5.74) is 1.40. The topological polar surface area (TPSA) is 79.4 Å². The van der Waals surface area contributed by atoms with E-state index in [4.69, 9.17) is 0 Å². The van der Waals surface area contributed by atoms with Crippen LogP contribution in [0.15, 0.2) is 18.3 Å². The lowest BCUT2D eigenvalue weighted by Gasteiger charge is -2.22. The van der Waals surface area contributed by atoms with E-state index in [1.54, 1.807) is 25.3 Å². The number of hydrogen-bond donors (Lipinski definition) is 1. The number of imide groups is 1. The van der Waals surface area contributed by atoms with Gasteiger partial charge in [0, 0.05) is 17.6 Å². The van der Waals surface area contributed by atoms with Gasteiger partial charge in [-0.3, -0.25) is 24.3 Å². The van der Waals surface area contributed by atoms with Gasteiger partial charge in [-0.15, -0.1) is 0 Å². The Bertz CT molecular complexity index is 634. The van der Waals surface area contributed by atoms with Crippen LogP contribution >= 0.6 is 0 Å². The maximum Gasteiger partial charge on any atom is 0.247 e. The first-order chi connectivity index (χ1) is 11.0. The van der Waals surface area contributed by atoms with E-state index in [1.807, 2.05) is 6.92 Å². The predicted molar refractivity (Wildman–Crippen MR) is 84.4 cm³/mol. The highest BCUT2D eigenvalue weighted by atomic mass is 16.2. The largest absolute Gasteiger partial charge is 0.324 e. The number of aryl methyl sites for hydroxylation is 1. The quantitative estimate of drug-likeness (QED) is 0.864. The maximum atomic E-state index is 12.5. The zero-order valence-corrected chi connectivity index (χ0v) is 13.4. The molecule has 6 heteroatoms. The summed E-state index contributed by atoms with van der Waals surface area (Å²) in [5.74, 6) is -1.18. The Labute approximate surface area is 135 Å². The number of likely N-dealkylation sites (tertiary alicyclic amines) is 1. The second kappa shape index (κ2) is 6.10. The van der Waals surface area contributed by atoms with E-state index in [2.05, 4.69) is 10.3 Å². The Morgan fingerprint density at radius 1 is 1.26 bits per heavy atom. The second-order valence-electron chi connectivity index (χ2n) is 6.40. The van der Waals surface area contributed by atoms with Gasteiger partial charge in [0.05, 0.1) is 11.8 Å². The number of amides is 3. The van der Waals surface area contributed by atoms with Gasteiger partial charge in [-0.05, 0) is 38.8 Å². The number of hydrogen-bond acceptors (Lipinski definition) is 4. The van der Waals surface area contributed by atoms with Crippen molar-refractivity contribution < 1.29 is 14.4 Å². The van der Waals surface area contributed by atoms with Crippen LogP contribution in [0, 0.1) is 18.8 Å². The number of pyridine rings is 1. The van der Waals surface area contributed by atoms with Crippen molar-refractivity contribution in [1.29, 1.82) is 0 Å². The van der Waals surface area contributed by atoms with Crippen molar-refractivity contribution in [3.05, 3.63) is 24.0 Å². The SMILES string of the molecule is Cc1cc(NC(=O)C(C)N2C(=O)C3CCCCC3C2=O)ccn1. The summed E-state index contributed by atoms with van der Waals surface area (Å²) in [5, 5.41) is 2.76. The third-order valence-electron chi connectivity index (χ3n) is 4.81. The molecular formula is C17H21N3O3. The van der Waals surface area contributed by atoms with Gasteiger partial charge in [0.1, 0.15) is 6.04 Å². The molecule has 1 aromatic rings. The first kappa shape index (κ1) is 15.6. The van der Waals surface area contributed by atoms with Gasteiger partial charge in [-0.2, -0.15) is 0 Å². The Morgan fingerprint density at radius 2 is 1.87 bits per heavy atom. The zero-order valence-electron chi connectivity index (χ0n) is 13.4. The number of carbonyl (C=O) groups is 3. The van der Waals surface area contributed by atoms with Crippen molar-refractivity contribution in [3.63, 3.8) is 0 Å². The average Bonchev–Trinajstić information content (AvgIpc) is 2.79. The summed E-state index contributed by atoms with van der Waals surface area (Å²) in [6.45, 7) is 3.44. The Hall–Kier alpha value is -2.24. The standard InChI is InChI=1S/C17H21N3O3/c1-10-9-12(7-8-18-10)19-15(21)11(2)20-16(22)13-5-3-4-6-14(13)17(20)23/h7-9,11,13-14H,3-6H2,1-2H3,(H,18,19,21). The van der Waals surface area contributed by atoms with E-state index in [0.29, 0.717) is 5.69 Å². The third kappa shape index (κ3) is 2.85. The van der Waals surface area contributed by atoms with E-state index in [0.717, 1.165) is 31.4 Å². The second-order valence-corrected chi connectivity index (χ2v) is 6.40. The summed E-state index contributed by atoms with van der Waals surface area (Å²) in [6, 6.07) is 2.64. The van der Waals surface area contributed by atoms with E-state index < -0.39 is 6.04 Å². The van der Waals surface area contributed by atoms with Gasteiger partial charge in [0.15, 0.2) is 0 Å². The molecule has 1 aliphatic carbocycles. The molecule has 122 valence electrons. The van der Waals surface area contributed by atoms with Crippen LogP contribution in [0.3, 0.4) is 0 Å². The summed E-state index contributed by atoms with van der Waals surface area (Å²) in [4.78, 5) is 42.7. The first-order valence-electron chi connectivity index (χ1n) is 8.09. The van der Waals surface area contributed by atoms with Gasteiger partial charge in [-0.25, -0.2) is 0 Å². The third-order valence-corrected chi connectivity index (χ3v) is 4.81. The molecule has 0 bridgehead atoms. The lowest BCUT2D eigenvalue weighted by atomic mass is 9.81. The van der Waals surface area contributed by atoms with E-state index >= 15 is 0 Å². The summed E-state index contributed by atoms with van der Waals surface area (Å²) >= 11 is 0. The summed E-state index contributed by atoms with van der Waals surface area (Å²) < 4.78 is 0. The lowest BCUT2D eigenvalue weighted by Crippen LogP contribution is -2.46. The number of fused-ring (bicyclic) bond motifs is 1. The van der Waals surface area contributed by atoms with Crippen LogP contribution in [0.4, 0.5) is 5.69 Å². The molecule has 0 spiro atoms. The molecule has 2 heterocycles. The molecule has 2 fully saturated rings. The van der Waals surface area contributed by atoms with Crippen LogP contribution in [0.1, 0.15) is 38.3 Å². The van der Waals surface area contributed by atoms with Crippen molar-refractivity contribution in [1.82, 2.24) is 9.88 Å². The number of rotatable bonds is 3. The molecule has 1 saturated carbocycles. The lowest BCUT2D eigenvalue weighted by molar-refractivity contribution is -0.146. The molecule has 1 saturated heterocycles. The van der Waals surface area contributed by atoms with Gasteiger partial charge >= 0.3 is 0 Å². The molecule has 23 heavy (non-hydrogen) atoms. The fraction of sp³-hybridized carbons (Fsp3) is 0.529. The molecule has 6 nitrogen and oxygen atoms in total. The number of nitrogens with zero attached hydrogens (tertiary/aromatic N) is 2. The van der Waals surface area contributed by atoms with E-state index in [-0.39, 0.29) is 29.6 Å². The summed E-state index contributed by atoms with van der Waals surface area (Å²) in [7, 11) is 0. The molecule has 0 aromatic carbocycles. The van der Waals surface area contributed by atoms with Crippen molar-refractivity contribution in [2.24, 2.45) is 11.8 Å². The minimum atomic E-state index is -0.797. The monoisotopic (exact) mass is 315 g/mol. The Morgan fingerprint density at radius 3 is 2.43 bits per heavy atom. The molecule has 1 aliphatic heterocycles. The zero-order chi connectivity index (χ0) is 16.6. The number of anilines is 1. The van der Waals surface area contributed by atoms with Crippen LogP contribution in [0.25, 0.3) is 0 Å². The van der Waals surface area contributed by atoms with Crippen LogP contribution in [-0.2, 0) is 14.4 Å². The predicted octanol–water partition coefficient (Wildman–Crippen LogP) is 1.89. The normalized spacial score (nSPS) is 25.2. The highest BCUT2D eigenvalue weighted by Crippen LogP contribution is 2.38. The van der Waals surface area contributed by atoms with E-state index in [1.165, 1.54) is 4.90 Å². The highest BCUT2D eigenvalue weighted by molar-refractivity contribution is 6.09. The van der Waals surface area contributed by atoms with Crippen LogP contribution in [0.5, 0.6) is 0 Å². The molecule has 3 atom stereocenters. The van der Waals surface area contributed by atoms with Gasteiger partial charge in [0.2, 0.25) is 17.7 Å². The fourth-order valence-corrected chi connectivity index (χ4v) is 3.56. The summed E-state index contributed by atoms with van der Waals surface area (Å²) in [6.07, 6.45) is 5.07. The van der Waals surface area contributed by atoms with Gasteiger partial charge < -0.3 is 5.32 Å². The minimum Gasteiger partial charge on any atom is -0.324 e. The molecule has 3 rings (SSSR count). The minimum absolute atomic E-state index is 0.187. The van der Waals surface area contributed by atoms with Gasteiger partial charge in [-0.1, -0.05) is 12.8 Å². The van der Waals surface area contributed by atoms with Crippen molar-refractivity contribution >= 4 is 23.4 Å². The van der Waals surface area contributed by atoms with Crippen molar-refractivity contribution in [3.8, 4) is 0 Å². The van der Waals surface area contributed by atoms with Crippen LogP contribution < -0.4 is 5.32 Å². The molecule has 3 unspecified atom stereocenters. The van der Waals surface area contributed by atoms with Crippen molar-refractivity contribution in [2.75, 3.05) is 5.32 Å². The molecule has 2 aliphatic rings. The Kier molecular flexibility index (Phi) is 4.15. The van der Waals surface area contributed by atoms with Crippen molar-refractivity contribution in [2.45, 2.75) is 45.6 Å². The molecule has 1 aromatic heterocycles. The molecular weight excluding hydrogens is 294 g/mol. The van der Waals surface area contributed by atoms with Crippen LogP contribution in [0.2, 0.25) is 0 Å². The molecule has 0 radical (unpaired) electrons. The fourth-order valence-electron chi connectivity index (χ4n) is 3.56. The first-order valence-corrected chi connectivity index (χ1v) is 8.09. The maximum absolute atomic E-state index is 12.5. The van der Waals surface area contributed by atoms with E-state index in [9.17, 15) is 14.4 Å². The molecule has 1 N–H and O–H groups in total. The number of carbonyl (C=O) groups excluding carboxylic acids is 3. The highest BCUT2D eigenvalue weighted by Gasteiger charge is 2.50. The van der Waals surface area contributed by atoms with Gasteiger partial charge in [0.25, 0.3) is 0 Å². The van der Waals surface area contributed by atoms with Crippen LogP contribution in [-0.4, -0.2) is 33.6 Å². The number of aromatic nitrogens is 1. The Balaban J connectivity index is 1.74. The number of nitrogens with one attached hydrogen (secondary N) is 1.